The number of ether oxygens (including phenoxy) is 1. The van der Waals surface area contributed by atoms with E-state index in [0.29, 0.717) is 6.54 Å². The van der Waals surface area contributed by atoms with Gasteiger partial charge in [0.1, 0.15) is 5.75 Å². The molecular weight excluding hydrogens is 228 g/mol. The Labute approximate surface area is 107 Å². The minimum absolute atomic E-state index is 0.187. The zero-order valence-corrected chi connectivity index (χ0v) is 10.9. The van der Waals surface area contributed by atoms with E-state index >= 15 is 0 Å². The standard InChI is InChI=1S/C14H18N2O2/c1-10-8-12(18-16-10)9-15-11(2)13-6-4-5-7-14(13)17-3/h4-8,11,15H,9H2,1-3H3. The van der Waals surface area contributed by atoms with Gasteiger partial charge in [-0.25, -0.2) is 0 Å². The predicted molar refractivity (Wildman–Crippen MR) is 69.5 cm³/mol. The monoisotopic (exact) mass is 246 g/mol. The molecule has 0 aliphatic rings. The summed E-state index contributed by atoms with van der Waals surface area (Å²) >= 11 is 0. The van der Waals surface area contributed by atoms with Gasteiger partial charge in [0.2, 0.25) is 0 Å². The van der Waals surface area contributed by atoms with Gasteiger partial charge in [0.25, 0.3) is 0 Å². The Morgan fingerprint density at radius 2 is 2.17 bits per heavy atom. The summed E-state index contributed by atoms with van der Waals surface area (Å²) in [6.45, 7) is 4.66. The quantitative estimate of drug-likeness (QED) is 0.881. The lowest BCUT2D eigenvalue weighted by atomic mass is 10.1. The smallest absolute Gasteiger partial charge is 0.150 e. The maximum Gasteiger partial charge on any atom is 0.150 e. The Bertz CT molecular complexity index is 508. The molecule has 1 heterocycles. The maximum absolute atomic E-state index is 5.35. The fraction of sp³-hybridized carbons (Fsp3) is 0.357. The van der Waals surface area contributed by atoms with Crippen LogP contribution in [0.1, 0.15) is 30.0 Å². The second kappa shape index (κ2) is 5.69. The van der Waals surface area contributed by atoms with E-state index in [4.69, 9.17) is 9.26 Å². The number of benzene rings is 1. The number of aromatic nitrogens is 1. The topological polar surface area (TPSA) is 47.3 Å². The highest BCUT2D eigenvalue weighted by Gasteiger charge is 2.11. The highest BCUT2D eigenvalue weighted by Crippen LogP contribution is 2.24. The third-order valence-electron chi connectivity index (χ3n) is 2.86. The van der Waals surface area contributed by atoms with Crippen molar-refractivity contribution in [3.8, 4) is 5.75 Å². The van der Waals surface area contributed by atoms with Gasteiger partial charge in [0.05, 0.1) is 19.3 Å². The van der Waals surface area contributed by atoms with E-state index in [1.165, 1.54) is 0 Å². The highest BCUT2D eigenvalue weighted by molar-refractivity contribution is 5.35. The van der Waals surface area contributed by atoms with Gasteiger partial charge in [-0.2, -0.15) is 0 Å². The summed E-state index contributed by atoms with van der Waals surface area (Å²) in [5.41, 5.74) is 2.04. The van der Waals surface area contributed by atoms with Gasteiger partial charge in [-0.15, -0.1) is 0 Å². The van der Waals surface area contributed by atoms with Crippen molar-refractivity contribution in [3.05, 3.63) is 47.3 Å². The number of para-hydroxylation sites is 1. The molecule has 1 aromatic heterocycles. The number of rotatable bonds is 5. The van der Waals surface area contributed by atoms with Crippen LogP contribution < -0.4 is 10.1 Å². The fourth-order valence-corrected chi connectivity index (χ4v) is 1.89. The molecule has 0 saturated heterocycles. The number of methoxy groups -OCH3 is 1. The molecule has 18 heavy (non-hydrogen) atoms. The Hall–Kier alpha value is -1.81. The van der Waals surface area contributed by atoms with Crippen LogP contribution in [-0.4, -0.2) is 12.3 Å². The number of aryl methyl sites for hydroxylation is 1. The summed E-state index contributed by atoms with van der Waals surface area (Å²) in [5.74, 6) is 1.74. The first-order valence-corrected chi connectivity index (χ1v) is 5.99. The van der Waals surface area contributed by atoms with Gasteiger partial charge >= 0.3 is 0 Å². The third-order valence-corrected chi connectivity index (χ3v) is 2.86. The predicted octanol–water partition coefficient (Wildman–Crippen LogP) is 2.84. The van der Waals surface area contributed by atoms with E-state index in [0.717, 1.165) is 22.8 Å². The van der Waals surface area contributed by atoms with E-state index in [1.807, 2.05) is 31.2 Å². The molecule has 1 atom stereocenters. The molecular formula is C14H18N2O2. The van der Waals surface area contributed by atoms with Crippen molar-refractivity contribution in [2.75, 3.05) is 7.11 Å². The minimum Gasteiger partial charge on any atom is -0.496 e. The fourth-order valence-electron chi connectivity index (χ4n) is 1.89. The van der Waals surface area contributed by atoms with E-state index in [-0.39, 0.29) is 6.04 Å². The summed E-state index contributed by atoms with van der Waals surface area (Å²) in [4.78, 5) is 0. The zero-order chi connectivity index (χ0) is 13.0. The zero-order valence-electron chi connectivity index (χ0n) is 10.9. The van der Waals surface area contributed by atoms with Crippen LogP contribution in [0.4, 0.5) is 0 Å². The first kappa shape index (κ1) is 12.6. The Kier molecular flexibility index (Phi) is 3.99. The molecule has 0 aliphatic carbocycles. The average Bonchev–Trinajstić information content (AvgIpc) is 2.81. The van der Waals surface area contributed by atoms with Crippen molar-refractivity contribution < 1.29 is 9.26 Å². The summed E-state index contributed by atoms with van der Waals surface area (Å²) < 4.78 is 10.5. The van der Waals surface area contributed by atoms with Crippen molar-refractivity contribution in [3.63, 3.8) is 0 Å². The molecule has 4 heteroatoms. The van der Waals surface area contributed by atoms with Gasteiger partial charge in [-0.3, -0.25) is 0 Å². The van der Waals surface area contributed by atoms with Crippen LogP contribution in [0.15, 0.2) is 34.9 Å². The van der Waals surface area contributed by atoms with Gasteiger partial charge in [0.15, 0.2) is 5.76 Å². The van der Waals surface area contributed by atoms with Gasteiger partial charge in [-0.1, -0.05) is 23.4 Å². The summed E-state index contributed by atoms with van der Waals surface area (Å²) in [6, 6.07) is 10.1. The highest BCUT2D eigenvalue weighted by atomic mass is 16.5. The number of hydrogen-bond donors (Lipinski definition) is 1. The molecule has 2 aromatic rings. The molecule has 0 spiro atoms. The molecule has 96 valence electrons. The molecule has 1 aromatic carbocycles. The van der Waals surface area contributed by atoms with Crippen molar-refractivity contribution in [2.45, 2.75) is 26.4 Å². The second-order valence-corrected chi connectivity index (χ2v) is 4.28. The molecule has 1 unspecified atom stereocenters. The van der Waals surface area contributed by atoms with Crippen molar-refractivity contribution >= 4 is 0 Å². The largest absolute Gasteiger partial charge is 0.496 e. The van der Waals surface area contributed by atoms with Crippen LogP contribution in [0.3, 0.4) is 0 Å². The molecule has 4 nitrogen and oxygen atoms in total. The molecule has 0 fully saturated rings. The van der Waals surface area contributed by atoms with Crippen molar-refractivity contribution in [1.29, 1.82) is 0 Å². The van der Waals surface area contributed by atoms with Crippen LogP contribution in [0.2, 0.25) is 0 Å². The Morgan fingerprint density at radius 1 is 1.39 bits per heavy atom. The lowest BCUT2D eigenvalue weighted by molar-refractivity contribution is 0.359. The molecule has 0 amide bonds. The number of nitrogens with zero attached hydrogens (tertiary/aromatic N) is 1. The first-order valence-electron chi connectivity index (χ1n) is 5.99. The lowest BCUT2D eigenvalue weighted by Gasteiger charge is -2.16. The van der Waals surface area contributed by atoms with Crippen molar-refractivity contribution in [2.24, 2.45) is 0 Å². The van der Waals surface area contributed by atoms with Crippen LogP contribution in [0.5, 0.6) is 5.75 Å². The van der Waals surface area contributed by atoms with Crippen LogP contribution in [0.25, 0.3) is 0 Å². The Morgan fingerprint density at radius 3 is 2.83 bits per heavy atom. The minimum atomic E-state index is 0.187. The summed E-state index contributed by atoms with van der Waals surface area (Å²) in [5, 5.41) is 7.25. The molecule has 2 rings (SSSR count). The number of hydrogen-bond acceptors (Lipinski definition) is 4. The van der Waals surface area contributed by atoms with Crippen LogP contribution >= 0.6 is 0 Å². The van der Waals surface area contributed by atoms with Crippen LogP contribution in [-0.2, 0) is 6.54 Å². The molecule has 0 saturated carbocycles. The van der Waals surface area contributed by atoms with Crippen molar-refractivity contribution in [1.82, 2.24) is 10.5 Å². The SMILES string of the molecule is COc1ccccc1C(C)NCc1cc(C)no1. The van der Waals surface area contributed by atoms with E-state index in [1.54, 1.807) is 7.11 Å². The average molecular weight is 246 g/mol. The van der Waals surface area contributed by atoms with E-state index < -0.39 is 0 Å². The Balaban J connectivity index is 2.01. The summed E-state index contributed by atoms with van der Waals surface area (Å²) in [7, 11) is 1.69. The lowest BCUT2D eigenvalue weighted by Crippen LogP contribution is -2.18. The van der Waals surface area contributed by atoms with Gasteiger partial charge < -0.3 is 14.6 Å². The summed E-state index contributed by atoms with van der Waals surface area (Å²) in [6.07, 6.45) is 0. The third kappa shape index (κ3) is 2.90. The first-order chi connectivity index (χ1) is 8.70. The van der Waals surface area contributed by atoms with E-state index in [9.17, 15) is 0 Å². The number of nitrogens with one attached hydrogen (secondary N) is 1. The maximum atomic E-state index is 5.35. The molecule has 0 aliphatic heterocycles. The normalized spacial score (nSPS) is 12.4. The molecule has 0 radical (unpaired) electrons. The van der Waals surface area contributed by atoms with E-state index in [2.05, 4.69) is 23.5 Å². The second-order valence-electron chi connectivity index (χ2n) is 4.28. The molecule has 0 bridgehead atoms. The van der Waals surface area contributed by atoms with Gasteiger partial charge in [0, 0.05) is 17.7 Å². The van der Waals surface area contributed by atoms with Gasteiger partial charge in [-0.05, 0) is 19.9 Å². The van der Waals surface area contributed by atoms with Crippen LogP contribution in [0, 0.1) is 6.92 Å². The molecule has 1 N–H and O–H groups in total.